The number of aliphatic hydroxyl groups excluding tert-OH is 1. The van der Waals surface area contributed by atoms with Crippen molar-refractivity contribution in [1.82, 2.24) is 9.80 Å². The van der Waals surface area contributed by atoms with Gasteiger partial charge in [0.2, 0.25) is 5.91 Å². The third kappa shape index (κ3) is 4.42. The fraction of sp³-hybridized carbons (Fsp3) is 0.600. The van der Waals surface area contributed by atoms with Crippen LogP contribution in [0.25, 0.3) is 0 Å². The molecule has 27 heavy (non-hydrogen) atoms. The summed E-state index contributed by atoms with van der Waals surface area (Å²) in [6, 6.07) is 7.15. The van der Waals surface area contributed by atoms with Crippen LogP contribution in [0.4, 0.5) is 0 Å². The minimum Gasteiger partial charge on any atom is -0.491 e. The summed E-state index contributed by atoms with van der Waals surface area (Å²) in [5.41, 5.74) is 1.00. The summed E-state index contributed by atoms with van der Waals surface area (Å²) in [6.07, 6.45) is 2.33. The van der Waals surface area contributed by atoms with Crippen molar-refractivity contribution in [3.63, 3.8) is 0 Å². The molecule has 2 saturated heterocycles. The van der Waals surface area contributed by atoms with E-state index in [1.165, 1.54) is 11.8 Å². The molecule has 2 N–H and O–H groups in total. The maximum atomic E-state index is 11.8. The summed E-state index contributed by atoms with van der Waals surface area (Å²) in [6.45, 7) is 4.75. The molecule has 2 heterocycles. The highest BCUT2D eigenvalue weighted by Gasteiger charge is 2.49. The van der Waals surface area contributed by atoms with Crippen molar-refractivity contribution in [1.29, 1.82) is 0 Å². The molecule has 1 aromatic rings. The first-order chi connectivity index (χ1) is 12.9. The lowest BCUT2D eigenvalue weighted by Crippen LogP contribution is -2.42. The zero-order valence-electron chi connectivity index (χ0n) is 15.8. The first-order valence-electron chi connectivity index (χ1n) is 9.48. The highest BCUT2D eigenvalue weighted by molar-refractivity contribution is 5.83. The Hall–Kier alpha value is -2.12. The van der Waals surface area contributed by atoms with E-state index in [1.54, 1.807) is 0 Å². The van der Waals surface area contributed by atoms with Crippen molar-refractivity contribution < 1.29 is 24.5 Å². The van der Waals surface area contributed by atoms with Crippen LogP contribution in [0.15, 0.2) is 24.3 Å². The number of carboxylic acids is 1. The highest BCUT2D eigenvalue weighted by Crippen LogP contribution is 2.43. The van der Waals surface area contributed by atoms with Gasteiger partial charge in [0.1, 0.15) is 18.4 Å². The number of aliphatic carboxylic acids is 1. The maximum Gasteiger partial charge on any atom is 0.326 e. The molecule has 0 saturated carbocycles. The summed E-state index contributed by atoms with van der Waals surface area (Å²) in [7, 11) is 0. The molecular weight excluding hydrogens is 348 g/mol. The van der Waals surface area contributed by atoms with Crippen LogP contribution in [0.1, 0.15) is 31.7 Å². The molecule has 2 aliphatic rings. The molecule has 1 spiro atoms. The van der Waals surface area contributed by atoms with Crippen molar-refractivity contribution in [3.05, 3.63) is 29.8 Å². The van der Waals surface area contributed by atoms with Crippen molar-refractivity contribution >= 4 is 11.9 Å². The Morgan fingerprint density at radius 2 is 1.96 bits per heavy atom. The predicted molar refractivity (Wildman–Crippen MR) is 99.4 cm³/mol. The van der Waals surface area contributed by atoms with Crippen molar-refractivity contribution in [2.24, 2.45) is 5.41 Å². The molecule has 0 radical (unpaired) electrons. The van der Waals surface area contributed by atoms with Gasteiger partial charge in [0.25, 0.3) is 0 Å². The van der Waals surface area contributed by atoms with Crippen LogP contribution in [0.2, 0.25) is 0 Å². The number of aliphatic hydroxyl groups is 1. The number of benzene rings is 1. The molecule has 1 atom stereocenters. The van der Waals surface area contributed by atoms with Gasteiger partial charge in [-0.2, -0.15) is 0 Å². The van der Waals surface area contributed by atoms with E-state index in [-0.39, 0.29) is 24.5 Å². The first-order valence-corrected chi connectivity index (χ1v) is 9.48. The number of likely N-dealkylation sites (tertiary alicyclic amines) is 2. The van der Waals surface area contributed by atoms with E-state index in [9.17, 15) is 14.7 Å². The van der Waals surface area contributed by atoms with Gasteiger partial charge in [0.15, 0.2) is 0 Å². The number of carbonyl (C=O) groups excluding carboxylic acids is 1. The van der Waals surface area contributed by atoms with Crippen molar-refractivity contribution in [2.45, 2.75) is 38.8 Å². The van der Waals surface area contributed by atoms with E-state index >= 15 is 0 Å². The molecule has 7 nitrogen and oxygen atoms in total. The zero-order chi connectivity index (χ0) is 19.4. The lowest BCUT2D eigenvalue weighted by atomic mass is 9.76. The highest BCUT2D eigenvalue weighted by atomic mass is 16.5. The van der Waals surface area contributed by atoms with Gasteiger partial charge in [0, 0.05) is 25.6 Å². The van der Waals surface area contributed by atoms with Crippen LogP contribution in [0.3, 0.4) is 0 Å². The molecule has 1 amide bonds. The second kappa shape index (κ2) is 8.27. The van der Waals surface area contributed by atoms with E-state index in [0.29, 0.717) is 13.0 Å². The quantitative estimate of drug-likeness (QED) is 0.779. The fourth-order valence-corrected chi connectivity index (χ4v) is 4.33. The molecule has 148 valence electrons. The Balaban J connectivity index is 1.61. The summed E-state index contributed by atoms with van der Waals surface area (Å²) < 4.78 is 5.62. The Bertz CT molecular complexity index is 661. The number of amides is 1. The average Bonchev–Trinajstić information content (AvgIpc) is 3.03. The summed E-state index contributed by atoms with van der Waals surface area (Å²) in [4.78, 5) is 27.2. The molecule has 7 heteroatoms. The molecular formula is C20H28N2O5. The standard InChI is InChI=1S/C20H28N2O5/c1-15(24)22-14-20(12-17(22)19(25)26)6-8-21(9-7-20)13-16-4-2-3-5-18(16)27-11-10-23/h2-5,17,23H,6-14H2,1H3,(H,25,26)/t17-/m1/s1. The Morgan fingerprint density at radius 1 is 1.26 bits per heavy atom. The predicted octanol–water partition coefficient (Wildman–Crippen LogP) is 1.35. The topological polar surface area (TPSA) is 90.3 Å². The zero-order valence-corrected chi connectivity index (χ0v) is 15.8. The fourth-order valence-electron chi connectivity index (χ4n) is 4.33. The molecule has 1 aromatic carbocycles. The van der Waals surface area contributed by atoms with Gasteiger partial charge in [-0.15, -0.1) is 0 Å². The number of hydrogen-bond donors (Lipinski definition) is 2. The number of ether oxygens (including phenoxy) is 1. The van der Waals surface area contributed by atoms with Crippen LogP contribution in [0.5, 0.6) is 5.75 Å². The normalized spacial score (nSPS) is 22.1. The van der Waals surface area contributed by atoms with Gasteiger partial charge in [-0.25, -0.2) is 4.79 Å². The minimum atomic E-state index is -0.903. The lowest BCUT2D eigenvalue weighted by Gasteiger charge is -2.39. The number of rotatable bonds is 6. The monoisotopic (exact) mass is 376 g/mol. The van der Waals surface area contributed by atoms with Gasteiger partial charge in [0.05, 0.1) is 6.61 Å². The number of piperidine rings is 1. The smallest absolute Gasteiger partial charge is 0.326 e. The van der Waals surface area contributed by atoms with Crippen molar-refractivity contribution in [2.75, 3.05) is 32.8 Å². The summed E-state index contributed by atoms with van der Waals surface area (Å²) >= 11 is 0. The Kier molecular flexibility index (Phi) is 6.01. The van der Waals surface area contributed by atoms with Gasteiger partial charge in [-0.1, -0.05) is 18.2 Å². The molecule has 0 bridgehead atoms. The Morgan fingerprint density at radius 3 is 2.56 bits per heavy atom. The van der Waals surface area contributed by atoms with E-state index in [2.05, 4.69) is 4.90 Å². The summed E-state index contributed by atoms with van der Waals surface area (Å²) in [5.74, 6) is -0.266. The van der Waals surface area contributed by atoms with Crippen LogP contribution in [-0.4, -0.2) is 70.8 Å². The second-order valence-corrected chi connectivity index (χ2v) is 7.66. The Labute approximate surface area is 159 Å². The van der Waals surface area contributed by atoms with Gasteiger partial charge in [-0.3, -0.25) is 9.69 Å². The van der Waals surface area contributed by atoms with Crippen LogP contribution in [0, 0.1) is 5.41 Å². The average molecular weight is 376 g/mol. The minimum absolute atomic E-state index is 0.0159. The summed E-state index contributed by atoms with van der Waals surface area (Å²) in [5, 5.41) is 18.4. The number of para-hydroxylation sites is 1. The number of nitrogens with zero attached hydrogens (tertiary/aromatic N) is 2. The maximum absolute atomic E-state index is 11.8. The number of carboxylic acid groups (broad SMARTS) is 1. The van der Waals surface area contributed by atoms with Crippen LogP contribution < -0.4 is 4.74 Å². The number of carbonyl (C=O) groups is 2. The second-order valence-electron chi connectivity index (χ2n) is 7.66. The third-order valence-corrected chi connectivity index (χ3v) is 5.83. The SMILES string of the molecule is CC(=O)N1CC2(CCN(Cc3ccccc3OCCO)CC2)C[C@@H]1C(=O)O. The number of hydrogen-bond acceptors (Lipinski definition) is 5. The molecule has 0 aliphatic carbocycles. The molecule has 0 aromatic heterocycles. The van der Waals surface area contributed by atoms with E-state index in [4.69, 9.17) is 9.84 Å². The molecule has 2 aliphatic heterocycles. The lowest BCUT2D eigenvalue weighted by molar-refractivity contribution is -0.147. The molecule has 2 fully saturated rings. The third-order valence-electron chi connectivity index (χ3n) is 5.83. The van der Waals surface area contributed by atoms with Crippen molar-refractivity contribution in [3.8, 4) is 5.75 Å². The van der Waals surface area contributed by atoms with Gasteiger partial charge < -0.3 is 19.8 Å². The largest absolute Gasteiger partial charge is 0.491 e. The van der Waals surface area contributed by atoms with E-state index < -0.39 is 12.0 Å². The van der Waals surface area contributed by atoms with Crippen LogP contribution >= 0.6 is 0 Å². The van der Waals surface area contributed by atoms with E-state index in [0.717, 1.165) is 43.8 Å². The van der Waals surface area contributed by atoms with Crippen LogP contribution in [-0.2, 0) is 16.1 Å². The molecule has 0 unspecified atom stereocenters. The molecule has 3 rings (SSSR count). The van der Waals surface area contributed by atoms with Gasteiger partial charge >= 0.3 is 5.97 Å². The first kappa shape index (κ1) is 19.6. The van der Waals surface area contributed by atoms with E-state index in [1.807, 2.05) is 24.3 Å². The van der Waals surface area contributed by atoms with Gasteiger partial charge in [-0.05, 0) is 43.8 Å².